The fourth-order valence-electron chi connectivity index (χ4n) is 2.92. The van der Waals surface area contributed by atoms with Crippen molar-refractivity contribution < 1.29 is 4.57 Å². The Morgan fingerprint density at radius 2 is 1.95 bits per heavy atom. The van der Waals surface area contributed by atoms with Crippen molar-refractivity contribution in [1.82, 2.24) is 0 Å². The Labute approximate surface area is 112 Å². The normalized spacial score (nSPS) is 15.0. The summed E-state index contributed by atoms with van der Waals surface area (Å²) in [5.41, 5.74) is 11.2. The van der Waals surface area contributed by atoms with Gasteiger partial charge in [-0.25, -0.2) is 0 Å². The minimum atomic E-state index is 0.967. The minimum Gasteiger partial charge on any atom is -0.193 e. The Bertz CT molecular complexity index is 773. The van der Waals surface area contributed by atoms with E-state index in [1.807, 2.05) is 0 Å². The fraction of sp³-hybridized carbons (Fsp3) is 0.111. The van der Waals surface area contributed by atoms with Crippen molar-refractivity contribution >= 4 is 5.57 Å². The first-order valence-electron chi connectivity index (χ1n) is 6.58. The fourth-order valence-corrected chi connectivity index (χ4v) is 2.92. The van der Waals surface area contributed by atoms with Gasteiger partial charge in [-0.3, -0.25) is 0 Å². The van der Waals surface area contributed by atoms with E-state index in [1.165, 1.54) is 33.5 Å². The molecule has 1 aliphatic heterocycles. The van der Waals surface area contributed by atoms with Gasteiger partial charge in [0.25, 0.3) is 0 Å². The van der Waals surface area contributed by atoms with E-state index in [-0.39, 0.29) is 0 Å². The molecule has 0 saturated heterocycles. The van der Waals surface area contributed by atoms with E-state index < -0.39 is 0 Å². The van der Waals surface area contributed by atoms with E-state index in [0.717, 1.165) is 6.54 Å². The highest BCUT2D eigenvalue weighted by Crippen LogP contribution is 2.31. The zero-order valence-corrected chi connectivity index (χ0v) is 10.9. The van der Waals surface area contributed by atoms with Gasteiger partial charge < -0.3 is 0 Å². The molecule has 0 N–H and O–H groups in total. The van der Waals surface area contributed by atoms with Crippen molar-refractivity contribution in [3.63, 3.8) is 0 Å². The van der Waals surface area contributed by atoms with E-state index in [1.54, 1.807) is 0 Å². The lowest BCUT2D eigenvalue weighted by Crippen LogP contribution is -2.34. The van der Waals surface area contributed by atoms with Crippen molar-refractivity contribution in [1.29, 1.82) is 0 Å². The summed E-state index contributed by atoms with van der Waals surface area (Å²) in [5.74, 6) is 0. The van der Waals surface area contributed by atoms with Crippen LogP contribution in [0.3, 0.4) is 0 Å². The Morgan fingerprint density at radius 1 is 1.11 bits per heavy atom. The average molecular weight is 244 g/mol. The average Bonchev–Trinajstić information content (AvgIpc) is 3.00. The van der Waals surface area contributed by atoms with Gasteiger partial charge in [0, 0.05) is 17.2 Å². The van der Waals surface area contributed by atoms with Gasteiger partial charge in [0.1, 0.15) is 0 Å². The molecule has 0 unspecified atom stereocenters. The summed E-state index contributed by atoms with van der Waals surface area (Å²) < 4.78 is 2.34. The van der Waals surface area contributed by atoms with Crippen LogP contribution >= 0.6 is 0 Å². The van der Waals surface area contributed by atoms with Gasteiger partial charge in [0.15, 0.2) is 12.7 Å². The Morgan fingerprint density at radius 3 is 2.79 bits per heavy atom. The minimum absolute atomic E-state index is 0.967. The SMILES string of the molecule is Cc1cc2[n+](cc1-c1ccccc1)CC1=C2C=C=C1. The lowest BCUT2D eigenvalue weighted by Gasteiger charge is -2.06. The summed E-state index contributed by atoms with van der Waals surface area (Å²) in [5, 5.41) is 0. The maximum Gasteiger partial charge on any atom is 0.214 e. The Kier molecular flexibility index (Phi) is 2.11. The van der Waals surface area contributed by atoms with Crippen molar-refractivity contribution in [3.8, 4) is 11.1 Å². The van der Waals surface area contributed by atoms with E-state index in [4.69, 9.17) is 0 Å². The van der Waals surface area contributed by atoms with Crippen molar-refractivity contribution in [3.05, 3.63) is 77.3 Å². The smallest absolute Gasteiger partial charge is 0.193 e. The summed E-state index contributed by atoms with van der Waals surface area (Å²) in [4.78, 5) is 0. The number of nitrogens with zero attached hydrogens (tertiary/aromatic N) is 1. The van der Waals surface area contributed by atoms with Crippen LogP contribution < -0.4 is 4.57 Å². The van der Waals surface area contributed by atoms with Crippen molar-refractivity contribution in [2.75, 3.05) is 0 Å². The van der Waals surface area contributed by atoms with Gasteiger partial charge in [-0.2, -0.15) is 4.57 Å². The quantitative estimate of drug-likeness (QED) is 0.534. The molecular formula is C18H14N+. The maximum absolute atomic E-state index is 3.19. The van der Waals surface area contributed by atoms with E-state index in [9.17, 15) is 0 Å². The van der Waals surface area contributed by atoms with Gasteiger partial charge >= 0.3 is 0 Å². The Hall–Kier alpha value is -2.37. The highest BCUT2D eigenvalue weighted by atomic mass is 15.0. The molecule has 1 heteroatoms. The van der Waals surface area contributed by atoms with Crippen LogP contribution in [0.2, 0.25) is 0 Å². The number of allylic oxidation sites excluding steroid dienone is 3. The number of aryl methyl sites for hydroxylation is 1. The number of pyridine rings is 1. The zero-order valence-electron chi connectivity index (χ0n) is 10.9. The van der Waals surface area contributed by atoms with Crippen LogP contribution in [0.15, 0.2) is 66.1 Å². The van der Waals surface area contributed by atoms with Gasteiger partial charge in [-0.1, -0.05) is 30.3 Å². The molecule has 0 spiro atoms. The lowest BCUT2D eigenvalue weighted by atomic mass is 10.0. The first-order chi connectivity index (χ1) is 9.33. The molecule has 1 aromatic carbocycles. The first-order valence-corrected chi connectivity index (χ1v) is 6.58. The third kappa shape index (κ3) is 1.53. The predicted octanol–water partition coefficient (Wildman–Crippen LogP) is 3.44. The lowest BCUT2D eigenvalue weighted by molar-refractivity contribution is -0.685. The summed E-state index contributed by atoms with van der Waals surface area (Å²) in [6.07, 6.45) is 6.47. The second-order valence-electron chi connectivity index (χ2n) is 5.14. The van der Waals surface area contributed by atoms with Crippen LogP contribution in [0.5, 0.6) is 0 Å². The summed E-state index contributed by atoms with van der Waals surface area (Å²) in [6.45, 7) is 3.15. The number of rotatable bonds is 1. The molecule has 0 amide bonds. The number of benzene rings is 1. The van der Waals surface area contributed by atoms with Crippen LogP contribution in [0, 0.1) is 6.92 Å². The topological polar surface area (TPSA) is 3.88 Å². The van der Waals surface area contributed by atoms with E-state index in [0.29, 0.717) is 0 Å². The molecule has 0 bridgehead atoms. The molecule has 0 atom stereocenters. The van der Waals surface area contributed by atoms with Gasteiger partial charge in [0.2, 0.25) is 5.69 Å². The van der Waals surface area contributed by atoms with Crippen LogP contribution in [0.1, 0.15) is 11.3 Å². The number of aromatic nitrogens is 1. The highest BCUT2D eigenvalue weighted by molar-refractivity contribution is 5.80. The molecule has 0 radical (unpaired) electrons. The molecular weight excluding hydrogens is 230 g/mol. The van der Waals surface area contributed by atoms with Crippen molar-refractivity contribution in [2.45, 2.75) is 13.5 Å². The van der Waals surface area contributed by atoms with Crippen LogP contribution in [-0.2, 0) is 6.54 Å². The van der Waals surface area contributed by atoms with Gasteiger partial charge in [0.05, 0.1) is 5.57 Å². The van der Waals surface area contributed by atoms with Gasteiger partial charge in [-0.15, -0.1) is 5.73 Å². The molecule has 2 heterocycles. The molecule has 0 fully saturated rings. The third-order valence-electron chi connectivity index (χ3n) is 3.91. The number of hydrogen-bond acceptors (Lipinski definition) is 0. The molecule has 1 aromatic heterocycles. The summed E-state index contributed by atoms with van der Waals surface area (Å²) >= 11 is 0. The molecule has 1 aliphatic carbocycles. The van der Waals surface area contributed by atoms with Crippen molar-refractivity contribution in [2.24, 2.45) is 0 Å². The monoisotopic (exact) mass is 244 g/mol. The molecule has 1 nitrogen and oxygen atoms in total. The highest BCUT2D eigenvalue weighted by Gasteiger charge is 2.29. The second kappa shape index (κ2) is 3.81. The first kappa shape index (κ1) is 10.5. The molecule has 90 valence electrons. The summed E-state index contributed by atoms with van der Waals surface area (Å²) in [7, 11) is 0. The largest absolute Gasteiger partial charge is 0.214 e. The van der Waals surface area contributed by atoms with E-state index >= 15 is 0 Å². The zero-order chi connectivity index (χ0) is 12.8. The standard InChI is InChI=1S/C18H14N/c1-13-10-18-16-9-5-8-15(16)11-19(18)12-17(13)14-6-3-2-4-7-14/h2-4,6-10,12H,11H2,1H3/q+1. The van der Waals surface area contributed by atoms with Crippen LogP contribution in [0.25, 0.3) is 16.7 Å². The van der Waals surface area contributed by atoms with Crippen LogP contribution in [-0.4, -0.2) is 0 Å². The van der Waals surface area contributed by atoms with E-state index in [2.05, 4.69) is 72.0 Å². The molecule has 0 saturated carbocycles. The molecule has 2 aromatic rings. The van der Waals surface area contributed by atoms with Crippen LogP contribution in [0.4, 0.5) is 0 Å². The third-order valence-corrected chi connectivity index (χ3v) is 3.91. The number of fused-ring (bicyclic) bond motifs is 2. The summed E-state index contributed by atoms with van der Waals surface area (Å²) in [6, 6.07) is 12.9. The molecule has 19 heavy (non-hydrogen) atoms. The number of hydrogen-bond donors (Lipinski definition) is 0. The maximum atomic E-state index is 3.19. The predicted molar refractivity (Wildman–Crippen MR) is 76.4 cm³/mol. The molecule has 2 aliphatic rings. The van der Waals surface area contributed by atoms with Gasteiger partial charge in [-0.05, 0) is 30.2 Å². The molecule has 4 rings (SSSR count). The Balaban J connectivity index is 1.88. The second-order valence-corrected chi connectivity index (χ2v) is 5.14.